The Hall–Kier alpha value is -3.09. The van der Waals surface area contributed by atoms with E-state index < -0.39 is 5.97 Å². The van der Waals surface area contributed by atoms with Crippen LogP contribution in [0.3, 0.4) is 0 Å². The number of carboxylic acids is 1. The van der Waals surface area contributed by atoms with Gasteiger partial charge in [0.1, 0.15) is 12.4 Å². The van der Waals surface area contributed by atoms with Crippen LogP contribution >= 0.6 is 0 Å². The topological polar surface area (TPSA) is 97.8 Å². The summed E-state index contributed by atoms with van der Waals surface area (Å²) in [5, 5.41) is 12.2. The Morgan fingerprint density at radius 2 is 1.87 bits per heavy atom. The van der Waals surface area contributed by atoms with Crippen molar-refractivity contribution in [3.8, 4) is 11.6 Å². The van der Waals surface area contributed by atoms with Crippen LogP contribution in [-0.4, -0.2) is 41.2 Å². The number of carbonyl (C=O) groups excluding carboxylic acids is 1. The standard InChI is InChI=1S/C24H32N2O5/c1-4-5-6-19(24(28)29)15-18-7-10-21(11-8-18)30-14-13-25-23(27)20-9-12-22(26-16-20)31-17(2)3/h7-12,16-17,19H,4-6,13-15H2,1-3H3,(H,25,27)(H,28,29). The molecule has 7 nitrogen and oxygen atoms in total. The molecule has 0 fully saturated rings. The molecule has 7 heteroatoms. The van der Waals surface area contributed by atoms with E-state index >= 15 is 0 Å². The second-order valence-electron chi connectivity index (χ2n) is 7.68. The minimum Gasteiger partial charge on any atom is -0.492 e. The average molecular weight is 429 g/mol. The molecular formula is C24H32N2O5. The highest BCUT2D eigenvalue weighted by atomic mass is 16.5. The second-order valence-corrected chi connectivity index (χ2v) is 7.68. The van der Waals surface area contributed by atoms with Crippen molar-refractivity contribution in [2.24, 2.45) is 5.92 Å². The molecule has 0 aliphatic rings. The Labute approximate surface area is 183 Å². The Morgan fingerprint density at radius 3 is 2.45 bits per heavy atom. The molecule has 1 aromatic heterocycles. The maximum Gasteiger partial charge on any atom is 0.306 e. The Morgan fingerprint density at radius 1 is 1.13 bits per heavy atom. The molecule has 2 aromatic rings. The van der Waals surface area contributed by atoms with Crippen LogP contribution in [0.2, 0.25) is 0 Å². The van der Waals surface area contributed by atoms with Crippen LogP contribution in [0, 0.1) is 5.92 Å². The summed E-state index contributed by atoms with van der Waals surface area (Å²) in [6.07, 6.45) is 4.61. The van der Waals surface area contributed by atoms with Crippen LogP contribution in [0.1, 0.15) is 56.0 Å². The number of amides is 1. The number of rotatable bonds is 13. The van der Waals surface area contributed by atoms with Crippen molar-refractivity contribution >= 4 is 11.9 Å². The van der Waals surface area contributed by atoms with Crippen molar-refractivity contribution in [1.82, 2.24) is 10.3 Å². The highest BCUT2D eigenvalue weighted by Gasteiger charge is 2.17. The number of carboxylic acid groups (broad SMARTS) is 1. The van der Waals surface area contributed by atoms with E-state index in [9.17, 15) is 14.7 Å². The highest BCUT2D eigenvalue weighted by molar-refractivity contribution is 5.93. The molecule has 0 radical (unpaired) electrons. The van der Waals surface area contributed by atoms with Crippen LogP contribution in [0.25, 0.3) is 0 Å². The smallest absolute Gasteiger partial charge is 0.306 e. The summed E-state index contributed by atoms with van der Waals surface area (Å²) in [7, 11) is 0. The first-order valence-electron chi connectivity index (χ1n) is 10.7. The van der Waals surface area contributed by atoms with Gasteiger partial charge in [0.15, 0.2) is 0 Å². The lowest BCUT2D eigenvalue weighted by Crippen LogP contribution is -2.28. The van der Waals surface area contributed by atoms with E-state index in [1.165, 1.54) is 6.20 Å². The lowest BCUT2D eigenvalue weighted by atomic mass is 9.94. The zero-order chi connectivity index (χ0) is 22.6. The fourth-order valence-electron chi connectivity index (χ4n) is 3.03. The number of nitrogens with zero attached hydrogens (tertiary/aromatic N) is 1. The highest BCUT2D eigenvalue weighted by Crippen LogP contribution is 2.19. The van der Waals surface area contributed by atoms with E-state index in [4.69, 9.17) is 9.47 Å². The van der Waals surface area contributed by atoms with Crippen LogP contribution in [0.4, 0.5) is 0 Å². The summed E-state index contributed by atoms with van der Waals surface area (Å²) in [6.45, 7) is 6.56. The summed E-state index contributed by atoms with van der Waals surface area (Å²) in [5.41, 5.74) is 1.43. The molecule has 1 heterocycles. The van der Waals surface area contributed by atoms with Crippen molar-refractivity contribution in [3.63, 3.8) is 0 Å². The van der Waals surface area contributed by atoms with Gasteiger partial charge in [0.05, 0.1) is 24.1 Å². The average Bonchev–Trinajstić information content (AvgIpc) is 2.75. The van der Waals surface area contributed by atoms with E-state index in [1.807, 2.05) is 38.1 Å². The zero-order valence-corrected chi connectivity index (χ0v) is 18.5. The van der Waals surface area contributed by atoms with Gasteiger partial charge in [-0.2, -0.15) is 0 Å². The van der Waals surface area contributed by atoms with Gasteiger partial charge in [-0.25, -0.2) is 4.98 Å². The van der Waals surface area contributed by atoms with E-state index in [-0.39, 0.29) is 17.9 Å². The third-order valence-electron chi connectivity index (χ3n) is 4.67. The van der Waals surface area contributed by atoms with Gasteiger partial charge >= 0.3 is 5.97 Å². The molecular weight excluding hydrogens is 396 g/mol. The molecule has 0 aliphatic heterocycles. The van der Waals surface area contributed by atoms with Crippen LogP contribution < -0.4 is 14.8 Å². The second kappa shape index (κ2) is 12.6. The monoisotopic (exact) mass is 428 g/mol. The van der Waals surface area contributed by atoms with E-state index in [0.717, 1.165) is 18.4 Å². The Bertz CT molecular complexity index is 819. The summed E-state index contributed by atoms with van der Waals surface area (Å²) in [5.74, 6) is -0.174. The molecule has 168 valence electrons. The molecule has 2 N–H and O–H groups in total. The predicted octanol–water partition coefficient (Wildman–Crippen LogP) is 4.11. The minimum absolute atomic E-state index is 0.0260. The lowest BCUT2D eigenvalue weighted by molar-refractivity contribution is -0.142. The normalized spacial score (nSPS) is 11.7. The van der Waals surface area contributed by atoms with Crippen molar-refractivity contribution in [2.75, 3.05) is 13.2 Å². The fraction of sp³-hybridized carbons (Fsp3) is 0.458. The zero-order valence-electron chi connectivity index (χ0n) is 18.5. The molecule has 0 bridgehead atoms. The van der Waals surface area contributed by atoms with Crippen molar-refractivity contribution in [2.45, 2.75) is 52.6 Å². The molecule has 0 saturated heterocycles. The summed E-state index contributed by atoms with van der Waals surface area (Å²) >= 11 is 0. The van der Waals surface area contributed by atoms with Gasteiger partial charge < -0.3 is 19.9 Å². The molecule has 2 rings (SSSR count). The van der Waals surface area contributed by atoms with Crippen molar-refractivity contribution in [1.29, 1.82) is 0 Å². The summed E-state index contributed by atoms with van der Waals surface area (Å²) < 4.78 is 11.1. The number of nitrogens with one attached hydrogen (secondary N) is 1. The molecule has 1 amide bonds. The molecule has 0 aliphatic carbocycles. The molecule has 1 unspecified atom stereocenters. The van der Waals surface area contributed by atoms with Crippen molar-refractivity contribution in [3.05, 3.63) is 53.7 Å². The number of benzene rings is 1. The first-order valence-corrected chi connectivity index (χ1v) is 10.7. The van der Waals surface area contributed by atoms with E-state index in [2.05, 4.69) is 17.2 Å². The number of ether oxygens (including phenoxy) is 2. The third-order valence-corrected chi connectivity index (χ3v) is 4.67. The number of hydrogen-bond acceptors (Lipinski definition) is 5. The van der Waals surface area contributed by atoms with Gasteiger partial charge in [-0.15, -0.1) is 0 Å². The molecule has 0 spiro atoms. The summed E-state index contributed by atoms with van der Waals surface area (Å²) in [6, 6.07) is 10.8. The van der Waals surface area contributed by atoms with Crippen LogP contribution in [-0.2, 0) is 11.2 Å². The van der Waals surface area contributed by atoms with Gasteiger partial charge in [0, 0.05) is 12.3 Å². The molecule has 31 heavy (non-hydrogen) atoms. The number of unbranched alkanes of at least 4 members (excludes halogenated alkanes) is 1. The maximum absolute atomic E-state index is 12.2. The number of carbonyl (C=O) groups is 2. The van der Waals surface area contributed by atoms with E-state index in [0.29, 0.717) is 43.2 Å². The SMILES string of the molecule is CCCCC(Cc1ccc(OCCNC(=O)c2ccc(OC(C)C)nc2)cc1)C(=O)O. The van der Waals surface area contributed by atoms with Gasteiger partial charge in [0.2, 0.25) is 5.88 Å². The number of aliphatic carboxylic acids is 1. The third kappa shape index (κ3) is 8.66. The number of aromatic nitrogens is 1. The maximum atomic E-state index is 12.2. The fourth-order valence-corrected chi connectivity index (χ4v) is 3.03. The van der Waals surface area contributed by atoms with Gasteiger partial charge in [0.25, 0.3) is 5.91 Å². The number of hydrogen-bond donors (Lipinski definition) is 2. The quantitative estimate of drug-likeness (QED) is 0.466. The largest absolute Gasteiger partial charge is 0.492 e. The summed E-state index contributed by atoms with van der Waals surface area (Å²) in [4.78, 5) is 27.7. The van der Waals surface area contributed by atoms with E-state index in [1.54, 1.807) is 12.1 Å². The predicted molar refractivity (Wildman–Crippen MR) is 119 cm³/mol. The minimum atomic E-state index is -0.748. The molecule has 0 saturated carbocycles. The first-order chi connectivity index (χ1) is 14.9. The molecule has 1 aromatic carbocycles. The number of pyridine rings is 1. The van der Waals surface area contributed by atoms with Crippen LogP contribution in [0.5, 0.6) is 11.6 Å². The lowest BCUT2D eigenvalue weighted by Gasteiger charge is -2.13. The van der Waals surface area contributed by atoms with Gasteiger partial charge in [-0.1, -0.05) is 31.9 Å². The van der Waals surface area contributed by atoms with Crippen LogP contribution in [0.15, 0.2) is 42.6 Å². The Balaban J connectivity index is 1.74. The Kier molecular flexibility index (Phi) is 9.81. The van der Waals surface area contributed by atoms with Crippen molar-refractivity contribution < 1.29 is 24.2 Å². The first kappa shape index (κ1) is 24.2. The van der Waals surface area contributed by atoms with Gasteiger partial charge in [-0.05, 0) is 50.5 Å². The van der Waals surface area contributed by atoms with Gasteiger partial charge in [-0.3, -0.25) is 9.59 Å². The molecule has 1 atom stereocenters.